The second-order valence-electron chi connectivity index (χ2n) is 5.96. The van der Waals surface area contributed by atoms with E-state index in [0.717, 1.165) is 5.56 Å². The van der Waals surface area contributed by atoms with Crippen LogP contribution in [-0.4, -0.2) is 24.5 Å². The molecule has 150 valence electrons. The van der Waals surface area contributed by atoms with E-state index in [0.29, 0.717) is 33.7 Å². The van der Waals surface area contributed by atoms with Crippen LogP contribution in [0.4, 0.5) is 4.79 Å². The van der Waals surface area contributed by atoms with Gasteiger partial charge in [0.1, 0.15) is 12.2 Å². The van der Waals surface area contributed by atoms with E-state index in [9.17, 15) is 14.4 Å². The molecule has 0 radical (unpaired) electrons. The van der Waals surface area contributed by atoms with Crippen LogP contribution in [0.2, 0.25) is 10.0 Å². The highest BCUT2D eigenvalue weighted by Crippen LogP contribution is 2.31. The summed E-state index contributed by atoms with van der Waals surface area (Å²) in [5, 5.41) is 5.06. The van der Waals surface area contributed by atoms with E-state index in [-0.39, 0.29) is 12.2 Å². The number of halogens is 2. The van der Waals surface area contributed by atoms with Gasteiger partial charge in [0.25, 0.3) is 11.8 Å². The number of urea groups is 1. The highest BCUT2D eigenvalue weighted by atomic mass is 35.5. The van der Waals surface area contributed by atoms with Crippen molar-refractivity contribution in [1.82, 2.24) is 10.6 Å². The quantitative estimate of drug-likeness (QED) is 0.533. The molecule has 0 spiro atoms. The zero-order chi connectivity index (χ0) is 21.0. The second kappa shape index (κ2) is 8.98. The lowest BCUT2D eigenvalue weighted by Crippen LogP contribution is -2.51. The predicted octanol–water partition coefficient (Wildman–Crippen LogP) is 3.72. The van der Waals surface area contributed by atoms with E-state index < -0.39 is 17.8 Å². The maximum atomic E-state index is 11.9. The lowest BCUT2D eigenvalue weighted by atomic mass is 10.1. The molecule has 29 heavy (non-hydrogen) atoms. The third-order valence-corrected chi connectivity index (χ3v) is 4.51. The van der Waals surface area contributed by atoms with Gasteiger partial charge in [-0.2, -0.15) is 0 Å². The van der Waals surface area contributed by atoms with Crippen molar-refractivity contribution in [3.05, 3.63) is 63.1 Å². The largest absolute Gasteiger partial charge is 0.490 e. The molecule has 0 bridgehead atoms. The first-order valence-electron chi connectivity index (χ1n) is 8.59. The highest BCUT2D eigenvalue weighted by molar-refractivity contribution is 6.35. The molecule has 1 heterocycles. The normalized spacial score (nSPS) is 13.6. The number of hydrogen-bond donors (Lipinski definition) is 2. The Balaban J connectivity index is 1.83. The zero-order valence-corrected chi connectivity index (χ0v) is 16.8. The van der Waals surface area contributed by atoms with Crippen molar-refractivity contribution in [1.29, 1.82) is 0 Å². The number of carbonyl (C=O) groups is 3. The molecule has 0 unspecified atom stereocenters. The first kappa shape index (κ1) is 20.7. The van der Waals surface area contributed by atoms with E-state index in [2.05, 4.69) is 0 Å². The third kappa shape index (κ3) is 5.07. The minimum absolute atomic E-state index is 0.186. The maximum Gasteiger partial charge on any atom is 0.328 e. The molecule has 0 aliphatic carbocycles. The molecule has 1 fully saturated rings. The lowest BCUT2D eigenvalue weighted by Gasteiger charge is -2.15. The SMILES string of the molecule is CCOc1cc(C=C2C(=O)NC(=O)NC2=O)ccc1OCc1ccc(Cl)cc1Cl. The Labute approximate surface area is 176 Å². The first-order chi connectivity index (χ1) is 13.9. The lowest BCUT2D eigenvalue weighted by molar-refractivity contribution is -0.123. The summed E-state index contributed by atoms with van der Waals surface area (Å²) < 4.78 is 11.4. The summed E-state index contributed by atoms with van der Waals surface area (Å²) in [6, 6.07) is 9.21. The number of nitrogens with one attached hydrogen (secondary N) is 2. The molecule has 4 amide bonds. The van der Waals surface area contributed by atoms with Crippen molar-refractivity contribution in [3.63, 3.8) is 0 Å². The average Bonchev–Trinajstić information content (AvgIpc) is 2.65. The molecule has 9 heteroatoms. The van der Waals surface area contributed by atoms with Crippen molar-refractivity contribution < 1.29 is 23.9 Å². The van der Waals surface area contributed by atoms with Crippen molar-refractivity contribution in [2.45, 2.75) is 13.5 Å². The smallest absolute Gasteiger partial charge is 0.328 e. The number of hydrogen-bond acceptors (Lipinski definition) is 5. The number of barbiturate groups is 1. The second-order valence-corrected chi connectivity index (χ2v) is 6.80. The summed E-state index contributed by atoms with van der Waals surface area (Å²) in [7, 11) is 0. The number of carbonyl (C=O) groups excluding carboxylic acids is 3. The summed E-state index contributed by atoms with van der Waals surface area (Å²) in [5.74, 6) is -0.642. The van der Waals surface area contributed by atoms with Gasteiger partial charge in [0.2, 0.25) is 0 Å². The molecular formula is C20H16Cl2N2O5. The van der Waals surface area contributed by atoms with Crippen molar-refractivity contribution in [2.24, 2.45) is 0 Å². The van der Waals surface area contributed by atoms with Crippen molar-refractivity contribution in [3.8, 4) is 11.5 Å². The van der Waals surface area contributed by atoms with Gasteiger partial charge in [-0.1, -0.05) is 35.3 Å². The van der Waals surface area contributed by atoms with Crippen molar-refractivity contribution >= 4 is 47.1 Å². The number of ether oxygens (including phenoxy) is 2. The van der Waals surface area contributed by atoms with Crippen LogP contribution in [0.25, 0.3) is 6.08 Å². The van der Waals surface area contributed by atoms with Crippen LogP contribution in [0.15, 0.2) is 42.0 Å². The Bertz CT molecular complexity index is 998. The van der Waals surface area contributed by atoms with Gasteiger partial charge in [0.15, 0.2) is 11.5 Å². The van der Waals surface area contributed by atoms with Gasteiger partial charge in [-0.25, -0.2) is 4.79 Å². The summed E-state index contributed by atoms with van der Waals surface area (Å²) in [5.41, 5.74) is 1.10. The van der Waals surface area contributed by atoms with Crippen LogP contribution in [0.1, 0.15) is 18.1 Å². The summed E-state index contributed by atoms with van der Waals surface area (Å²) in [4.78, 5) is 34.9. The molecule has 3 rings (SSSR count). The van der Waals surface area contributed by atoms with Crippen LogP contribution in [0.3, 0.4) is 0 Å². The molecule has 2 aromatic carbocycles. The molecule has 2 N–H and O–H groups in total. The first-order valence-corrected chi connectivity index (χ1v) is 9.35. The van der Waals surface area contributed by atoms with Crippen LogP contribution in [-0.2, 0) is 16.2 Å². The Hall–Kier alpha value is -3.03. The van der Waals surface area contributed by atoms with Gasteiger partial charge < -0.3 is 9.47 Å². The minimum atomic E-state index is -0.850. The predicted molar refractivity (Wildman–Crippen MR) is 108 cm³/mol. The van der Waals surface area contributed by atoms with Gasteiger partial charge >= 0.3 is 6.03 Å². The fourth-order valence-corrected chi connectivity index (χ4v) is 3.03. The van der Waals surface area contributed by atoms with E-state index in [1.54, 1.807) is 36.4 Å². The molecule has 7 nitrogen and oxygen atoms in total. The van der Waals surface area contributed by atoms with Gasteiger partial charge in [-0.05, 0) is 42.8 Å². The molecule has 0 atom stereocenters. The van der Waals surface area contributed by atoms with Gasteiger partial charge in [0.05, 0.1) is 6.61 Å². The van der Waals surface area contributed by atoms with E-state index in [1.807, 2.05) is 17.6 Å². The Morgan fingerprint density at radius 3 is 2.31 bits per heavy atom. The summed E-state index contributed by atoms with van der Waals surface area (Å²) in [6.45, 7) is 2.40. The van der Waals surface area contributed by atoms with Crippen molar-refractivity contribution in [2.75, 3.05) is 6.61 Å². The number of imide groups is 2. The number of benzene rings is 2. The molecule has 1 aliphatic heterocycles. The van der Waals surface area contributed by atoms with Crippen LogP contribution < -0.4 is 20.1 Å². The number of rotatable bonds is 6. The fraction of sp³-hybridized carbons (Fsp3) is 0.150. The molecular weight excluding hydrogens is 419 g/mol. The van der Waals surface area contributed by atoms with E-state index >= 15 is 0 Å². The van der Waals surface area contributed by atoms with E-state index in [1.165, 1.54) is 6.08 Å². The monoisotopic (exact) mass is 434 g/mol. The number of amides is 4. The van der Waals surface area contributed by atoms with Gasteiger partial charge in [-0.3, -0.25) is 20.2 Å². The fourth-order valence-electron chi connectivity index (χ4n) is 2.57. The van der Waals surface area contributed by atoms with Gasteiger partial charge in [0, 0.05) is 15.6 Å². The van der Waals surface area contributed by atoms with Gasteiger partial charge in [-0.15, -0.1) is 0 Å². The summed E-state index contributed by atoms with van der Waals surface area (Å²) >= 11 is 12.1. The molecule has 0 aromatic heterocycles. The third-order valence-electron chi connectivity index (χ3n) is 3.92. The Kier molecular flexibility index (Phi) is 6.41. The summed E-state index contributed by atoms with van der Waals surface area (Å²) in [6.07, 6.45) is 1.36. The highest BCUT2D eigenvalue weighted by Gasteiger charge is 2.27. The van der Waals surface area contributed by atoms with E-state index in [4.69, 9.17) is 32.7 Å². The topological polar surface area (TPSA) is 93.7 Å². The average molecular weight is 435 g/mol. The molecule has 2 aromatic rings. The van der Waals surface area contributed by atoms with Crippen LogP contribution in [0, 0.1) is 0 Å². The maximum absolute atomic E-state index is 11.9. The zero-order valence-electron chi connectivity index (χ0n) is 15.3. The van der Waals surface area contributed by atoms with Crippen LogP contribution >= 0.6 is 23.2 Å². The standard InChI is InChI=1S/C20H16Cl2N2O5/c1-2-28-17-8-11(7-14-18(25)23-20(27)24-19(14)26)3-6-16(17)29-10-12-4-5-13(21)9-15(12)22/h3-9H,2,10H2,1H3,(H2,23,24,25,26,27). The molecule has 1 aliphatic rings. The Morgan fingerprint density at radius 2 is 1.66 bits per heavy atom. The Morgan fingerprint density at radius 1 is 0.931 bits per heavy atom. The van der Waals surface area contributed by atoms with Crippen LogP contribution in [0.5, 0.6) is 11.5 Å². The molecule has 0 saturated carbocycles. The molecule has 1 saturated heterocycles. The minimum Gasteiger partial charge on any atom is -0.490 e.